The van der Waals surface area contributed by atoms with E-state index >= 15 is 0 Å². The summed E-state index contributed by atoms with van der Waals surface area (Å²) in [7, 11) is 0. The molecule has 0 amide bonds. The molecule has 0 radical (unpaired) electrons. The minimum absolute atomic E-state index is 0.0242. The van der Waals surface area contributed by atoms with Crippen molar-refractivity contribution in [1.82, 2.24) is 0 Å². The smallest absolute Gasteiger partial charge is 0.343 e. The molecular formula is C64H65N3O13. The summed E-state index contributed by atoms with van der Waals surface area (Å²) in [4.78, 5) is 45.8. The summed E-state index contributed by atoms with van der Waals surface area (Å²) in [5.41, 5.74) is 4.55. The quantitative estimate of drug-likeness (QED) is 0.00734. The molecule has 0 atom stereocenters. The first-order chi connectivity index (χ1) is 39.1. The van der Waals surface area contributed by atoms with Crippen LogP contribution in [0.15, 0.2) is 188 Å². The van der Waals surface area contributed by atoms with Crippen molar-refractivity contribution >= 4 is 36.3 Å². The average molecular weight is 1080 g/mol. The van der Waals surface area contributed by atoms with E-state index in [1.54, 1.807) is 91.3 Å². The van der Waals surface area contributed by atoms with Gasteiger partial charge in [0.15, 0.2) is 11.5 Å². The first-order valence-electron chi connectivity index (χ1n) is 26.0. The van der Waals surface area contributed by atoms with E-state index in [2.05, 4.69) is 36.0 Å². The fourth-order valence-corrected chi connectivity index (χ4v) is 7.03. The Morgan fingerprint density at radius 2 is 0.912 bits per heavy atom. The molecule has 0 N–H and O–H groups in total. The second kappa shape index (κ2) is 35.6. The van der Waals surface area contributed by atoms with Crippen LogP contribution in [-0.4, -0.2) is 76.1 Å². The zero-order valence-corrected chi connectivity index (χ0v) is 44.8. The van der Waals surface area contributed by atoms with Gasteiger partial charge in [0.05, 0.1) is 62.7 Å². The highest BCUT2D eigenvalue weighted by Gasteiger charge is 2.11. The van der Waals surface area contributed by atoms with Crippen LogP contribution in [0.3, 0.4) is 0 Å². The zero-order valence-electron chi connectivity index (χ0n) is 44.8. The lowest BCUT2D eigenvalue weighted by Gasteiger charge is -2.13. The van der Waals surface area contributed by atoms with E-state index < -0.39 is 23.9 Å². The van der Waals surface area contributed by atoms with Crippen molar-refractivity contribution in [3.63, 3.8) is 0 Å². The number of carbonyl (C=O) groups is 4. The lowest BCUT2D eigenvalue weighted by atomic mass is 10.0. The highest BCUT2D eigenvalue weighted by atomic mass is 16.7. The lowest BCUT2D eigenvalue weighted by Crippen LogP contribution is -2.08. The zero-order chi connectivity index (χ0) is 57.0. The van der Waals surface area contributed by atoms with Gasteiger partial charge in [-0.2, -0.15) is 15.5 Å². The van der Waals surface area contributed by atoms with Gasteiger partial charge >= 0.3 is 23.9 Å². The Bertz CT molecular complexity index is 3000. The summed E-state index contributed by atoms with van der Waals surface area (Å²) in [5.74, 6) is 2.23. The van der Waals surface area contributed by atoms with Gasteiger partial charge in [0.2, 0.25) is 6.79 Å². The SMILES string of the molecule is C=CC(=O)OCCCCCCOc1ccc(OCOc2ccc(/C=N/N=C/c3ccc(OC(=O)c4ccc(OCCCCCCOC(=O)C=C)cc4)cc3)cc2OCC)cc1.C=CC(=O)Oc1ccc(-c2ccc(C#N)cc2)cc1. The van der Waals surface area contributed by atoms with Gasteiger partial charge in [-0.3, -0.25) is 0 Å². The second-order valence-corrected chi connectivity index (χ2v) is 17.1. The fourth-order valence-electron chi connectivity index (χ4n) is 7.03. The highest BCUT2D eigenvalue weighted by Crippen LogP contribution is 2.29. The van der Waals surface area contributed by atoms with Crippen LogP contribution in [-0.2, 0) is 23.9 Å². The van der Waals surface area contributed by atoms with E-state index in [4.69, 9.17) is 47.9 Å². The van der Waals surface area contributed by atoms with Gasteiger partial charge in [-0.1, -0.05) is 44.0 Å². The van der Waals surface area contributed by atoms with Crippen LogP contribution < -0.4 is 33.2 Å². The van der Waals surface area contributed by atoms with E-state index in [-0.39, 0.29) is 6.79 Å². The van der Waals surface area contributed by atoms with Gasteiger partial charge in [0, 0.05) is 18.2 Å². The van der Waals surface area contributed by atoms with Gasteiger partial charge in [0.1, 0.15) is 28.7 Å². The Kier molecular flexibility index (Phi) is 27.2. The molecule has 0 saturated heterocycles. The van der Waals surface area contributed by atoms with E-state index in [0.29, 0.717) is 78.7 Å². The number of benzene rings is 6. The summed E-state index contributed by atoms with van der Waals surface area (Å²) < 4.78 is 49.5. The normalized spacial score (nSPS) is 10.5. The molecule has 0 aliphatic carbocycles. The molecule has 0 unspecified atom stereocenters. The van der Waals surface area contributed by atoms with Crippen LogP contribution >= 0.6 is 0 Å². The topological polar surface area (TPSA) is 200 Å². The summed E-state index contributed by atoms with van der Waals surface area (Å²) >= 11 is 0. The third kappa shape index (κ3) is 23.2. The predicted octanol–water partition coefficient (Wildman–Crippen LogP) is 12.8. The Labute approximate surface area is 467 Å². The minimum atomic E-state index is -0.482. The van der Waals surface area contributed by atoms with Crippen LogP contribution in [0.1, 0.15) is 85.3 Å². The number of esters is 4. The van der Waals surface area contributed by atoms with Crippen molar-refractivity contribution in [3.05, 3.63) is 200 Å². The number of hydrogen-bond donors (Lipinski definition) is 0. The summed E-state index contributed by atoms with van der Waals surface area (Å²) in [6.45, 7) is 14.3. The maximum Gasteiger partial charge on any atom is 0.343 e. The highest BCUT2D eigenvalue weighted by molar-refractivity contribution is 5.91. The molecule has 0 spiro atoms. The van der Waals surface area contributed by atoms with Gasteiger partial charge in [-0.25, -0.2) is 19.2 Å². The molecule has 6 aromatic carbocycles. The maximum absolute atomic E-state index is 12.7. The van der Waals surface area contributed by atoms with Gasteiger partial charge in [0.25, 0.3) is 0 Å². The van der Waals surface area contributed by atoms with Crippen molar-refractivity contribution < 1.29 is 61.8 Å². The molecule has 0 bridgehead atoms. The molecule has 0 saturated carbocycles. The summed E-state index contributed by atoms with van der Waals surface area (Å²) in [5, 5.41) is 17.1. The molecule has 0 fully saturated rings. The molecular weight excluding hydrogens is 1020 g/mol. The number of ether oxygens (including phenoxy) is 9. The predicted molar refractivity (Wildman–Crippen MR) is 306 cm³/mol. The third-order valence-corrected chi connectivity index (χ3v) is 11.2. The molecule has 16 heteroatoms. The Morgan fingerprint density at radius 1 is 0.463 bits per heavy atom. The number of hydrogen-bond acceptors (Lipinski definition) is 16. The second-order valence-electron chi connectivity index (χ2n) is 17.1. The van der Waals surface area contributed by atoms with Crippen molar-refractivity contribution in [1.29, 1.82) is 5.26 Å². The Balaban J connectivity index is 0.000000517. The molecule has 414 valence electrons. The molecule has 6 aromatic rings. The van der Waals surface area contributed by atoms with Crippen LogP contribution in [0.5, 0.6) is 40.2 Å². The van der Waals surface area contributed by atoms with Crippen molar-refractivity contribution in [3.8, 4) is 57.4 Å². The molecule has 0 heterocycles. The molecule has 0 aromatic heterocycles. The van der Waals surface area contributed by atoms with Gasteiger partial charge in [-0.15, -0.1) is 0 Å². The lowest BCUT2D eigenvalue weighted by molar-refractivity contribution is -0.138. The van der Waals surface area contributed by atoms with Crippen LogP contribution in [0.4, 0.5) is 0 Å². The van der Waals surface area contributed by atoms with E-state index in [9.17, 15) is 19.2 Å². The minimum Gasteiger partial charge on any atom is -0.494 e. The largest absolute Gasteiger partial charge is 0.494 e. The first kappa shape index (κ1) is 61.1. The number of nitriles is 1. The van der Waals surface area contributed by atoms with Crippen LogP contribution in [0.25, 0.3) is 11.1 Å². The summed E-state index contributed by atoms with van der Waals surface area (Å²) in [6.07, 6.45) is 13.8. The Morgan fingerprint density at radius 3 is 1.44 bits per heavy atom. The molecule has 80 heavy (non-hydrogen) atoms. The fraction of sp³-hybridized carbons (Fsp3) is 0.234. The average Bonchev–Trinajstić information content (AvgIpc) is 3.49. The van der Waals surface area contributed by atoms with E-state index in [1.807, 2.05) is 67.6 Å². The molecule has 16 nitrogen and oxygen atoms in total. The molecule has 0 aliphatic heterocycles. The maximum atomic E-state index is 12.7. The van der Waals surface area contributed by atoms with Gasteiger partial charge < -0.3 is 42.6 Å². The van der Waals surface area contributed by atoms with Crippen LogP contribution in [0.2, 0.25) is 0 Å². The van der Waals surface area contributed by atoms with E-state index in [1.165, 1.54) is 6.08 Å². The number of unbranched alkanes of at least 4 members (excludes halogenated alkanes) is 6. The number of carbonyl (C=O) groups excluding carboxylic acids is 4. The van der Waals surface area contributed by atoms with Crippen LogP contribution in [0, 0.1) is 11.3 Å². The number of rotatable bonds is 32. The third-order valence-electron chi connectivity index (χ3n) is 11.2. The standard InChI is InChI=1S/C48H54N2O11.C16H11NO2/c1-4-46(51)57-31-13-9-7-11-29-55-40-22-18-39(19-23-40)48(53)61-43-20-15-37(16-21-43)34-49-50-35-38-17-28-44(45(33-38)54-6-3)60-36-59-42-26-24-41(25-27-42)56-30-12-8-10-14-32-58-47(52)5-2;1-2-16(18)19-15-9-7-14(8-10-15)13-5-3-12(11-17)4-6-13/h4-5,15-28,33-35H,1-2,6-14,29-32,36H2,3H3;2-10H,1H2/b49-34+,50-35+;. The monoisotopic (exact) mass is 1080 g/mol. The molecule has 6 rings (SSSR count). The number of nitrogens with zero attached hydrogens (tertiary/aromatic N) is 3. The summed E-state index contributed by atoms with van der Waals surface area (Å²) in [6, 6.07) is 43.0. The van der Waals surface area contributed by atoms with Crippen molar-refractivity contribution in [2.24, 2.45) is 10.2 Å². The van der Waals surface area contributed by atoms with Crippen molar-refractivity contribution in [2.45, 2.75) is 58.3 Å². The van der Waals surface area contributed by atoms with E-state index in [0.717, 1.165) is 91.5 Å². The van der Waals surface area contributed by atoms with Crippen molar-refractivity contribution in [2.75, 3.05) is 39.8 Å². The Hall–Kier alpha value is -9.75. The first-order valence-corrected chi connectivity index (χ1v) is 26.0. The van der Waals surface area contributed by atoms with Gasteiger partial charge in [-0.05, 0) is 196 Å². The molecule has 0 aliphatic rings.